The molecule has 2 atom stereocenters. The maximum Gasteiger partial charge on any atom is 0.306 e. The highest BCUT2D eigenvalue weighted by molar-refractivity contribution is 6.25. The highest BCUT2D eigenvalue weighted by Gasteiger charge is 2.22. The van der Waals surface area contributed by atoms with Gasteiger partial charge in [-0.25, -0.2) is 0 Å². The van der Waals surface area contributed by atoms with Crippen LogP contribution in [0.5, 0.6) is 0 Å². The molecule has 0 bridgehead atoms. The zero-order chi connectivity index (χ0) is 11.7. The number of unbranched alkanes of at least 4 members (excludes halogenated alkanes) is 1. The lowest BCUT2D eigenvalue weighted by atomic mass is 9.82. The van der Waals surface area contributed by atoms with Crippen molar-refractivity contribution in [2.24, 2.45) is 11.8 Å². The lowest BCUT2D eigenvalue weighted by molar-refractivity contribution is -0.143. The molecule has 1 radical (unpaired) electrons. The molecule has 0 rings (SSSR count). The highest BCUT2D eigenvalue weighted by atomic mass is 16.4. The number of carboxylic acids is 1. The van der Waals surface area contributed by atoms with Gasteiger partial charge >= 0.3 is 5.97 Å². The molecule has 0 saturated carbocycles. The first-order valence-corrected chi connectivity index (χ1v) is 5.82. The quantitative estimate of drug-likeness (QED) is 0.456. The SMILES string of the molecule is CCCCC(CCC[B]O)C(C)C(=O)O. The Balaban J connectivity index is 3.99. The first-order valence-electron chi connectivity index (χ1n) is 5.82. The maximum absolute atomic E-state index is 10.9. The summed E-state index contributed by atoms with van der Waals surface area (Å²) in [5, 5.41) is 17.5. The van der Waals surface area contributed by atoms with E-state index in [1.165, 1.54) is 0 Å². The van der Waals surface area contributed by atoms with Gasteiger partial charge in [0, 0.05) is 0 Å². The monoisotopic (exact) mass is 213 g/mol. The minimum Gasteiger partial charge on any atom is -0.481 e. The van der Waals surface area contributed by atoms with E-state index in [9.17, 15) is 4.79 Å². The molecule has 0 amide bonds. The fourth-order valence-electron chi connectivity index (χ4n) is 1.78. The largest absolute Gasteiger partial charge is 0.481 e. The molecule has 0 heterocycles. The number of rotatable bonds is 9. The first-order chi connectivity index (χ1) is 7.13. The third-order valence-electron chi connectivity index (χ3n) is 2.93. The van der Waals surface area contributed by atoms with Crippen molar-refractivity contribution in [3.05, 3.63) is 0 Å². The molecule has 0 spiro atoms. The highest BCUT2D eigenvalue weighted by Crippen LogP contribution is 2.24. The number of carbonyl (C=O) groups is 1. The van der Waals surface area contributed by atoms with Gasteiger partial charge in [0.05, 0.1) is 5.92 Å². The molecule has 0 aromatic carbocycles. The molecule has 3 nitrogen and oxygen atoms in total. The summed E-state index contributed by atoms with van der Waals surface area (Å²) in [6.45, 7) is 3.90. The third-order valence-corrected chi connectivity index (χ3v) is 2.93. The van der Waals surface area contributed by atoms with Gasteiger partial charge < -0.3 is 10.1 Å². The second kappa shape index (κ2) is 8.78. The van der Waals surface area contributed by atoms with Crippen molar-refractivity contribution >= 4 is 13.5 Å². The van der Waals surface area contributed by atoms with E-state index in [1.54, 1.807) is 6.92 Å². The zero-order valence-corrected chi connectivity index (χ0v) is 9.78. The molecule has 4 heteroatoms. The van der Waals surface area contributed by atoms with E-state index in [4.69, 9.17) is 10.1 Å². The van der Waals surface area contributed by atoms with Gasteiger partial charge in [0.15, 0.2) is 0 Å². The Morgan fingerprint density at radius 3 is 2.40 bits per heavy atom. The molecular formula is C11H22BO3. The minimum absolute atomic E-state index is 0.252. The molecule has 2 unspecified atom stereocenters. The lowest BCUT2D eigenvalue weighted by Gasteiger charge is -2.20. The second-order valence-corrected chi connectivity index (χ2v) is 4.14. The molecule has 0 aromatic rings. The summed E-state index contributed by atoms with van der Waals surface area (Å²) >= 11 is 0. The van der Waals surface area contributed by atoms with Gasteiger partial charge in [0.1, 0.15) is 0 Å². The molecule has 2 N–H and O–H groups in total. The molecule has 0 saturated heterocycles. The zero-order valence-electron chi connectivity index (χ0n) is 9.78. The van der Waals surface area contributed by atoms with Crippen molar-refractivity contribution in [3.63, 3.8) is 0 Å². The Hall–Kier alpha value is -0.505. The fourth-order valence-corrected chi connectivity index (χ4v) is 1.78. The Kier molecular flexibility index (Phi) is 8.48. The van der Waals surface area contributed by atoms with Crippen LogP contribution in [0.3, 0.4) is 0 Å². The van der Waals surface area contributed by atoms with E-state index in [0.717, 1.165) is 39.6 Å². The van der Waals surface area contributed by atoms with Crippen LogP contribution in [0, 0.1) is 11.8 Å². The van der Waals surface area contributed by atoms with Crippen LogP contribution in [0.4, 0.5) is 0 Å². The van der Waals surface area contributed by atoms with Crippen molar-refractivity contribution in [2.75, 3.05) is 0 Å². The van der Waals surface area contributed by atoms with Crippen LogP contribution in [0.2, 0.25) is 6.32 Å². The lowest BCUT2D eigenvalue weighted by Crippen LogP contribution is -2.20. The average Bonchev–Trinajstić information content (AvgIpc) is 2.22. The molecule has 15 heavy (non-hydrogen) atoms. The van der Waals surface area contributed by atoms with Gasteiger partial charge in [-0.3, -0.25) is 4.79 Å². The number of aliphatic carboxylic acids is 1. The molecule has 0 aromatic heterocycles. The van der Waals surface area contributed by atoms with Gasteiger partial charge in [0.2, 0.25) is 0 Å². The van der Waals surface area contributed by atoms with Crippen molar-refractivity contribution in [2.45, 2.75) is 52.3 Å². The second-order valence-electron chi connectivity index (χ2n) is 4.14. The predicted octanol–water partition coefficient (Wildman–Crippen LogP) is 2.32. The fraction of sp³-hybridized carbons (Fsp3) is 0.909. The summed E-state index contributed by atoms with van der Waals surface area (Å²) < 4.78 is 0. The first kappa shape index (κ1) is 14.5. The van der Waals surface area contributed by atoms with Crippen LogP contribution in [0.1, 0.15) is 46.0 Å². The molecule has 0 aliphatic rings. The Morgan fingerprint density at radius 1 is 1.33 bits per heavy atom. The smallest absolute Gasteiger partial charge is 0.306 e. The molecule has 0 aliphatic heterocycles. The molecular weight excluding hydrogens is 191 g/mol. The van der Waals surface area contributed by atoms with Gasteiger partial charge in [-0.15, -0.1) is 0 Å². The van der Waals surface area contributed by atoms with Crippen molar-refractivity contribution in [1.29, 1.82) is 0 Å². The Bertz CT molecular complexity index is 173. The summed E-state index contributed by atoms with van der Waals surface area (Å²) in [5.74, 6) is -0.721. The Morgan fingerprint density at radius 2 is 1.93 bits per heavy atom. The molecule has 0 aliphatic carbocycles. The minimum atomic E-state index is -0.705. The van der Waals surface area contributed by atoms with Crippen molar-refractivity contribution in [3.8, 4) is 0 Å². The van der Waals surface area contributed by atoms with Gasteiger partial charge in [-0.05, 0) is 12.3 Å². The van der Waals surface area contributed by atoms with Crippen LogP contribution in [0.25, 0.3) is 0 Å². The van der Waals surface area contributed by atoms with E-state index in [-0.39, 0.29) is 11.8 Å². The van der Waals surface area contributed by atoms with Gasteiger partial charge in [-0.2, -0.15) is 0 Å². The molecule has 87 valence electrons. The van der Waals surface area contributed by atoms with E-state index >= 15 is 0 Å². The Labute approximate surface area is 93.2 Å². The van der Waals surface area contributed by atoms with Crippen LogP contribution in [-0.4, -0.2) is 23.6 Å². The van der Waals surface area contributed by atoms with Crippen molar-refractivity contribution < 1.29 is 14.9 Å². The van der Waals surface area contributed by atoms with Crippen LogP contribution in [0.15, 0.2) is 0 Å². The number of hydrogen-bond donors (Lipinski definition) is 2. The predicted molar refractivity (Wildman–Crippen MR) is 61.8 cm³/mol. The molecule has 0 fully saturated rings. The van der Waals surface area contributed by atoms with E-state index in [0.29, 0.717) is 6.32 Å². The summed E-state index contributed by atoms with van der Waals surface area (Å²) in [6, 6.07) is 0. The maximum atomic E-state index is 10.9. The van der Waals surface area contributed by atoms with Crippen molar-refractivity contribution in [1.82, 2.24) is 0 Å². The van der Waals surface area contributed by atoms with Crippen LogP contribution < -0.4 is 0 Å². The van der Waals surface area contributed by atoms with E-state index < -0.39 is 5.97 Å². The summed E-state index contributed by atoms with van der Waals surface area (Å²) in [7, 11) is 1.16. The van der Waals surface area contributed by atoms with Gasteiger partial charge in [0.25, 0.3) is 7.48 Å². The summed E-state index contributed by atoms with van der Waals surface area (Å²) in [5.41, 5.74) is 0. The van der Waals surface area contributed by atoms with E-state index in [2.05, 4.69) is 6.92 Å². The summed E-state index contributed by atoms with van der Waals surface area (Å²) in [6.07, 6.45) is 5.61. The van der Waals surface area contributed by atoms with E-state index in [1.807, 2.05) is 0 Å². The van der Waals surface area contributed by atoms with Crippen LogP contribution >= 0.6 is 0 Å². The van der Waals surface area contributed by atoms with Gasteiger partial charge in [-0.1, -0.05) is 45.9 Å². The number of hydrogen-bond acceptors (Lipinski definition) is 2. The third kappa shape index (κ3) is 6.55. The standard InChI is InChI=1S/C11H22BO3/c1-3-4-6-10(7-5-8-12-15)9(2)11(13)14/h9-10,15H,3-8H2,1-2H3,(H,13,14). The van der Waals surface area contributed by atoms with Crippen LogP contribution in [-0.2, 0) is 4.79 Å². The number of carboxylic acid groups (broad SMARTS) is 1. The summed E-state index contributed by atoms with van der Waals surface area (Å²) in [4.78, 5) is 10.9. The topological polar surface area (TPSA) is 57.5 Å². The average molecular weight is 213 g/mol. The normalized spacial score (nSPS) is 14.6.